The fourth-order valence-electron chi connectivity index (χ4n) is 6.32. The van der Waals surface area contributed by atoms with Crippen LogP contribution in [0.3, 0.4) is 0 Å². The first-order chi connectivity index (χ1) is 23.0. The van der Waals surface area contributed by atoms with Gasteiger partial charge in [-0.3, -0.25) is 20.0 Å². The number of carbonyl (C=O) groups excluding carboxylic acids is 1. The number of carbonyl (C=O) groups is 1. The summed E-state index contributed by atoms with van der Waals surface area (Å²) < 4.78 is 21.1. The van der Waals surface area contributed by atoms with E-state index in [2.05, 4.69) is 45.0 Å². The van der Waals surface area contributed by atoms with Gasteiger partial charge in [-0.1, -0.05) is 18.2 Å². The molecule has 11 nitrogen and oxygen atoms in total. The third kappa shape index (κ3) is 7.98. The number of piperidine rings is 1. The van der Waals surface area contributed by atoms with E-state index in [1.54, 1.807) is 29.2 Å². The van der Waals surface area contributed by atoms with Crippen LogP contribution in [0.25, 0.3) is 0 Å². The number of nitrogens with zero attached hydrogens (tertiary/aromatic N) is 6. The standard InChI is InChI=1S/C36H44FN9O2/c1-24(2)44-15-17-46(18-16-44)36(3,4)20-25(21-38)35(47)45-14-8-9-26(22-45)43-34-31(33(40)41-23-42-34)32(39)29-13-12-28(19-30(29)37)48-27-10-6-5-7-11-27/h5-7,10-13,19-20,23-24,26,39H,8-9,14-18,22H2,1-4H3,(H3,40,41,42,43)/b25-20+,39-32?. The van der Waals surface area contributed by atoms with E-state index in [0.717, 1.165) is 32.6 Å². The quantitative estimate of drug-likeness (QED) is 0.155. The third-order valence-electron chi connectivity index (χ3n) is 9.07. The molecule has 2 aromatic carbocycles. The summed E-state index contributed by atoms with van der Waals surface area (Å²) in [5.41, 5.74) is 5.87. The molecule has 0 spiro atoms. The van der Waals surface area contributed by atoms with Crippen LogP contribution < -0.4 is 15.8 Å². The number of hydrogen-bond donors (Lipinski definition) is 3. The predicted octanol–water partition coefficient (Wildman–Crippen LogP) is 5.06. The van der Waals surface area contributed by atoms with Gasteiger partial charge in [0.1, 0.15) is 46.9 Å². The minimum absolute atomic E-state index is 0.0115. The summed E-state index contributed by atoms with van der Waals surface area (Å²) in [5.74, 6) is 0.185. The van der Waals surface area contributed by atoms with E-state index < -0.39 is 11.4 Å². The van der Waals surface area contributed by atoms with Crippen molar-refractivity contribution in [2.45, 2.75) is 58.2 Å². The Morgan fingerprint density at radius 1 is 1.12 bits per heavy atom. The molecule has 0 bridgehead atoms. The summed E-state index contributed by atoms with van der Waals surface area (Å²) in [6.45, 7) is 12.9. The molecular weight excluding hydrogens is 609 g/mol. The molecule has 0 radical (unpaired) electrons. The van der Waals surface area contributed by atoms with Crippen LogP contribution in [0.15, 0.2) is 66.5 Å². The van der Waals surface area contributed by atoms with Crippen molar-refractivity contribution in [1.29, 1.82) is 10.7 Å². The summed E-state index contributed by atoms with van der Waals surface area (Å²) in [7, 11) is 0. The molecule has 12 heteroatoms. The summed E-state index contributed by atoms with van der Waals surface area (Å²) in [6, 6.07) is 15.7. The lowest BCUT2D eigenvalue weighted by atomic mass is 9.96. The number of para-hydroxylation sites is 1. The number of nitrogens with one attached hydrogen (secondary N) is 2. The van der Waals surface area contributed by atoms with E-state index in [1.165, 1.54) is 18.5 Å². The van der Waals surface area contributed by atoms with Crippen LogP contribution in [0, 0.1) is 22.6 Å². The van der Waals surface area contributed by atoms with E-state index in [9.17, 15) is 10.1 Å². The van der Waals surface area contributed by atoms with Crippen LogP contribution >= 0.6 is 0 Å². The Morgan fingerprint density at radius 3 is 2.52 bits per heavy atom. The minimum Gasteiger partial charge on any atom is -0.457 e. The fourth-order valence-corrected chi connectivity index (χ4v) is 6.32. The van der Waals surface area contributed by atoms with Crippen LogP contribution in [-0.2, 0) is 4.79 Å². The van der Waals surface area contributed by atoms with Crippen LogP contribution in [0.5, 0.6) is 11.5 Å². The number of amides is 1. The maximum atomic E-state index is 15.3. The average Bonchev–Trinajstić information content (AvgIpc) is 3.07. The molecule has 1 unspecified atom stereocenters. The summed E-state index contributed by atoms with van der Waals surface area (Å²) in [6.07, 6.45) is 4.50. The van der Waals surface area contributed by atoms with Gasteiger partial charge in [-0.05, 0) is 70.9 Å². The molecule has 0 saturated carbocycles. The van der Waals surface area contributed by atoms with Gasteiger partial charge in [0.25, 0.3) is 5.91 Å². The Hall–Kier alpha value is -4.86. The number of rotatable bonds is 10. The first-order valence-corrected chi connectivity index (χ1v) is 16.4. The molecule has 2 saturated heterocycles. The van der Waals surface area contributed by atoms with Crippen LogP contribution in [0.2, 0.25) is 0 Å². The first kappa shape index (κ1) is 34.5. The SMILES string of the molecule is CC(C)N1CCN(C(C)(C)/C=C(\C#N)C(=O)N2CCCC(Nc3ncnc(N)c3C(=N)c3ccc(Oc4ccccc4)cc3F)C2)CC1. The number of aromatic nitrogens is 2. The van der Waals surface area contributed by atoms with Crippen molar-refractivity contribution in [2.75, 3.05) is 50.3 Å². The van der Waals surface area contributed by atoms with E-state index in [4.69, 9.17) is 15.9 Å². The highest BCUT2D eigenvalue weighted by Crippen LogP contribution is 2.29. The van der Waals surface area contributed by atoms with Crippen LogP contribution in [-0.4, -0.2) is 93.2 Å². The second kappa shape index (κ2) is 14.9. The van der Waals surface area contributed by atoms with Crippen molar-refractivity contribution in [3.63, 3.8) is 0 Å². The summed E-state index contributed by atoms with van der Waals surface area (Å²) in [5, 5.41) is 22.3. The number of nitrogen functional groups attached to an aromatic ring is 1. The average molecular weight is 654 g/mol. The summed E-state index contributed by atoms with van der Waals surface area (Å²) in [4.78, 5) is 28.5. The Balaban J connectivity index is 1.28. The Morgan fingerprint density at radius 2 is 1.85 bits per heavy atom. The highest BCUT2D eigenvalue weighted by atomic mass is 19.1. The lowest BCUT2D eigenvalue weighted by Crippen LogP contribution is -2.55. The minimum atomic E-state index is -0.655. The van der Waals surface area contributed by atoms with E-state index in [-0.39, 0.29) is 46.0 Å². The van der Waals surface area contributed by atoms with E-state index in [1.807, 2.05) is 32.0 Å². The van der Waals surface area contributed by atoms with Gasteiger partial charge in [0.05, 0.1) is 11.3 Å². The smallest absolute Gasteiger partial charge is 0.264 e. The molecule has 5 rings (SSSR count). The van der Waals surface area contributed by atoms with Gasteiger partial charge in [-0.2, -0.15) is 5.26 Å². The van der Waals surface area contributed by atoms with Gasteiger partial charge in [-0.15, -0.1) is 0 Å². The number of hydrogen-bond acceptors (Lipinski definition) is 10. The number of likely N-dealkylation sites (tertiary alicyclic amines) is 1. The maximum absolute atomic E-state index is 15.3. The normalized spacial score (nSPS) is 18.0. The number of ether oxygens (including phenoxy) is 1. The molecule has 2 aliphatic rings. The Labute approximate surface area is 281 Å². The lowest BCUT2D eigenvalue weighted by molar-refractivity contribution is -0.127. The number of nitrogens with two attached hydrogens (primary N) is 1. The topological polar surface area (TPSA) is 147 Å². The van der Waals surface area contributed by atoms with Crippen molar-refractivity contribution in [3.8, 4) is 17.6 Å². The number of piperazine rings is 1. The molecule has 2 aliphatic heterocycles. The second-order valence-electron chi connectivity index (χ2n) is 13.1. The molecule has 2 fully saturated rings. The molecular formula is C36H44FN9O2. The number of nitriles is 1. The molecule has 1 atom stereocenters. The number of benzene rings is 2. The zero-order valence-corrected chi connectivity index (χ0v) is 28.0. The number of anilines is 2. The molecule has 1 amide bonds. The molecule has 4 N–H and O–H groups in total. The van der Waals surface area contributed by atoms with Gasteiger partial charge < -0.3 is 20.7 Å². The highest BCUT2D eigenvalue weighted by Gasteiger charge is 2.33. The third-order valence-corrected chi connectivity index (χ3v) is 9.07. The molecule has 3 heterocycles. The molecule has 1 aromatic heterocycles. The van der Waals surface area contributed by atoms with Gasteiger partial charge >= 0.3 is 0 Å². The molecule has 0 aliphatic carbocycles. The largest absolute Gasteiger partial charge is 0.457 e. The zero-order chi connectivity index (χ0) is 34.4. The van der Waals surface area contributed by atoms with E-state index in [0.29, 0.717) is 37.1 Å². The molecule has 252 valence electrons. The monoisotopic (exact) mass is 653 g/mol. The first-order valence-electron chi connectivity index (χ1n) is 16.4. The van der Waals surface area contributed by atoms with Crippen LogP contribution in [0.1, 0.15) is 51.7 Å². The van der Waals surface area contributed by atoms with Crippen molar-refractivity contribution in [3.05, 3.63) is 83.5 Å². The van der Waals surface area contributed by atoms with Crippen molar-refractivity contribution >= 4 is 23.3 Å². The van der Waals surface area contributed by atoms with Gasteiger partial charge in [-0.25, -0.2) is 14.4 Å². The van der Waals surface area contributed by atoms with Crippen molar-refractivity contribution < 1.29 is 13.9 Å². The molecule has 48 heavy (non-hydrogen) atoms. The highest BCUT2D eigenvalue weighted by molar-refractivity contribution is 6.16. The van der Waals surface area contributed by atoms with Crippen LogP contribution in [0.4, 0.5) is 16.0 Å². The predicted molar refractivity (Wildman–Crippen MR) is 185 cm³/mol. The van der Waals surface area contributed by atoms with Gasteiger partial charge in [0.2, 0.25) is 0 Å². The Bertz CT molecular complexity index is 1700. The zero-order valence-electron chi connectivity index (χ0n) is 28.0. The summed E-state index contributed by atoms with van der Waals surface area (Å²) >= 11 is 0. The van der Waals surface area contributed by atoms with E-state index >= 15 is 4.39 Å². The lowest BCUT2D eigenvalue weighted by Gasteiger charge is -2.44. The fraction of sp³-hybridized carbons (Fsp3) is 0.417. The number of halogens is 1. The van der Waals surface area contributed by atoms with Gasteiger partial charge in [0, 0.05) is 68.5 Å². The van der Waals surface area contributed by atoms with Crippen molar-refractivity contribution in [2.24, 2.45) is 0 Å². The van der Waals surface area contributed by atoms with Crippen molar-refractivity contribution in [1.82, 2.24) is 24.7 Å². The maximum Gasteiger partial charge on any atom is 0.264 e. The second-order valence-corrected chi connectivity index (χ2v) is 13.1. The Kier molecular flexibility index (Phi) is 10.7. The van der Waals surface area contributed by atoms with Gasteiger partial charge in [0.15, 0.2) is 0 Å². The molecule has 3 aromatic rings.